The third kappa shape index (κ3) is 2.60. The van der Waals surface area contributed by atoms with E-state index in [1.54, 1.807) is 36.4 Å². The smallest absolute Gasteiger partial charge is 0.0739 e. The lowest BCUT2D eigenvalue weighted by atomic mass is 10.4. The van der Waals surface area contributed by atoms with Gasteiger partial charge in [-0.15, -0.1) is 0 Å². The van der Waals surface area contributed by atoms with Crippen LogP contribution in [0, 0.1) is 3.57 Å². The second kappa shape index (κ2) is 4.57. The zero-order chi connectivity index (χ0) is 13.4. The molecule has 0 saturated heterocycles. The average molecular weight is 396 g/mol. The van der Waals surface area contributed by atoms with E-state index in [9.17, 15) is 8.76 Å². The van der Waals surface area contributed by atoms with E-state index < -0.39 is 9.53 Å². The Hall–Kier alpha value is -0.470. The van der Waals surface area contributed by atoms with Gasteiger partial charge in [-0.1, -0.05) is 21.1 Å². The number of rotatable bonds is 2. The molecule has 0 atom stereocenters. The third-order valence-electron chi connectivity index (χ3n) is 2.54. The SMILES string of the molecule is NS(=O)(O)(c1ccc(Cl)cc1)c1ccc(I)cc1. The molecule has 0 aliphatic carbocycles. The maximum Gasteiger partial charge on any atom is 0.0739 e. The van der Waals surface area contributed by atoms with E-state index in [4.69, 9.17) is 16.7 Å². The van der Waals surface area contributed by atoms with Crippen molar-refractivity contribution < 1.29 is 8.76 Å². The average Bonchev–Trinajstić information content (AvgIpc) is 2.29. The number of hydrogen-bond acceptors (Lipinski definition) is 1. The first-order valence-corrected chi connectivity index (χ1v) is 8.46. The Balaban J connectivity index is 2.60. The first-order valence-electron chi connectivity index (χ1n) is 5.01. The minimum atomic E-state index is -4.52. The molecule has 0 fully saturated rings. The summed E-state index contributed by atoms with van der Waals surface area (Å²) < 4.78 is 24.1. The molecule has 0 spiro atoms. The molecule has 0 amide bonds. The molecule has 2 aromatic carbocycles. The Kier molecular flexibility index (Phi) is 3.54. The first kappa shape index (κ1) is 14.0. The van der Waals surface area contributed by atoms with Crippen molar-refractivity contribution in [3.8, 4) is 0 Å². The van der Waals surface area contributed by atoms with Gasteiger partial charge in [0.1, 0.15) is 0 Å². The van der Waals surface area contributed by atoms with Crippen LogP contribution in [0.4, 0.5) is 0 Å². The van der Waals surface area contributed by atoms with Crippen LogP contribution in [0.1, 0.15) is 0 Å². The zero-order valence-electron chi connectivity index (χ0n) is 9.22. The highest BCUT2D eigenvalue weighted by molar-refractivity contribution is 14.1. The van der Waals surface area contributed by atoms with E-state index in [1.165, 1.54) is 12.1 Å². The van der Waals surface area contributed by atoms with E-state index in [1.807, 2.05) is 0 Å². The number of hydrogen-bond donors (Lipinski definition) is 2. The summed E-state index contributed by atoms with van der Waals surface area (Å²) in [7, 11) is -4.52. The highest BCUT2D eigenvalue weighted by atomic mass is 127. The first-order chi connectivity index (χ1) is 8.28. The predicted molar refractivity (Wildman–Crippen MR) is 82.1 cm³/mol. The zero-order valence-corrected chi connectivity index (χ0v) is 12.9. The van der Waals surface area contributed by atoms with Crippen LogP contribution in [-0.4, -0.2) is 8.76 Å². The normalized spacial score (nSPS) is 13.9. The molecule has 0 aromatic heterocycles. The Labute approximate surface area is 124 Å². The van der Waals surface area contributed by atoms with Crippen molar-refractivity contribution >= 4 is 43.7 Å². The third-order valence-corrected chi connectivity index (χ3v) is 5.88. The number of benzene rings is 2. The van der Waals surface area contributed by atoms with Crippen LogP contribution >= 0.6 is 34.2 Å². The predicted octanol–water partition coefficient (Wildman–Crippen LogP) is 3.53. The standard InChI is InChI=1S/C12H11ClINO2S/c13-9-1-5-11(6-2-9)18(15,16,17)12-7-3-10(14)4-8-12/h1-8H,(H3,15,16,17). The fraction of sp³-hybridized carbons (Fsp3) is 0. The van der Waals surface area contributed by atoms with Crippen molar-refractivity contribution in [1.82, 2.24) is 0 Å². The molecule has 0 unspecified atom stereocenters. The summed E-state index contributed by atoms with van der Waals surface area (Å²) in [5.74, 6) is 0. The quantitative estimate of drug-likeness (QED) is 0.764. The molecule has 0 radical (unpaired) electrons. The minimum Gasteiger partial charge on any atom is -0.282 e. The molecular weight excluding hydrogens is 385 g/mol. The summed E-state index contributed by atoms with van der Waals surface area (Å²) >= 11 is 7.88. The van der Waals surface area contributed by atoms with E-state index in [-0.39, 0.29) is 9.79 Å². The van der Waals surface area contributed by atoms with E-state index in [0.29, 0.717) is 5.02 Å². The van der Waals surface area contributed by atoms with Gasteiger partial charge in [0.2, 0.25) is 0 Å². The van der Waals surface area contributed by atoms with Crippen molar-refractivity contribution in [1.29, 1.82) is 0 Å². The van der Waals surface area contributed by atoms with Crippen LogP contribution in [0.2, 0.25) is 5.02 Å². The summed E-state index contributed by atoms with van der Waals surface area (Å²) in [6.07, 6.45) is 0. The molecule has 2 aromatic rings. The van der Waals surface area contributed by atoms with E-state index in [0.717, 1.165) is 3.57 Å². The summed E-state index contributed by atoms with van der Waals surface area (Å²) in [4.78, 5) is 0.340. The van der Waals surface area contributed by atoms with Crippen molar-refractivity contribution in [3.05, 3.63) is 57.1 Å². The van der Waals surface area contributed by atoms with Gasteiger partial charge in [-0.2, -0.15) is 4.21 Å². The van der Waals surface area contributed by atoms with Gasteiger partial charge in [0, 0.05) is 8.59 Å². The molecule has 0 aliphatic heterocycles. The Morgan fingerprint density at radius 2 is 1.39 bits per heavy atom. The monoisotopic (exact) mass is 395 g/mol. The van der Waals surface area contributed by atoms with Crippen LogP contribution in [-0.2, 0) is 9.53 Å². The summed E-state index contributed by atoms with van der Waals surface area (Å²) in [6, 6.07) is 12.6. The molecule has 96 valence electrons. The maximum absolute atomic E-state index is 12.7. The molecular formula is C12H11ClINO2S. The molecule has 2 rings (SSSR count). The summed E-state index contributed by atoms with van der Waals surface area (Å²) in [6.45, 7) is 0. The topological polar surface area (TPSA) is 63.3 Å². The van der Waals surface area contributed by atoms with E-state index >= 15 is 0 Å². The molecule has 3 N–H and O–H groups in total. The van der Waals surface area contributed by atoms with Crippen molar-refractivity contribution in [3.63, 3.8) is 0 Å². The summed E-state index contributed by atoms with van der Waals surface area (Å²) in [5.41, 5.74) is 0. The van der Waals surface area contributed by atoms with Gasteiger partial charge in [-0.05, 0) is 71.1 Å². The molecule has 18 heavy (non-hydrogen) atoms. The van der Waals surface area contributed by atoms with Gasteiger partial charge in [-0.3, -0.25) is 4.55 Å². The van der Waals surface area contributed by atoms with Gasteiger partial charge < -0.3 is 0 Å². The fourth-order valence-electron chi connectivity index (χ4n) is 1.53. The van der Waals surface area contributed by atoms with Crippen molar-refractivity contribution in [2.75, 3.05) is 0 Å². The number of nitrogens with two attached hydrogens (primary N) is 1. The van der Waals surface area contributed by atoms with Gasteiger partial charge in [0.05, 0.1) is 9.79 Å². The highest BCUT2D eigenvalue weighted by Gasteiger charge is 2.27. The summed E-state index contributed by atoms with van der Waals surface area (Å²) in [5, 5.41) is 6.26. The Morgan fingerprint density at radius 3 is 1.83 bits per heavy atom. The van der Waals surface area contributed by atoms with Crippen LogP contribution < -0.4 is 5.14 Å². The lowest BCUT2D eigenvalue weighted by molar-refractivity contribution is 0.512. The maximum atomic E-state index is 12.7. The van der Waals surface area contributed by atoms with Crippen LogP contribution in [0.25, 0.3) is 0 Å². The molecule has 0 heterocycles. The minimum absolute atomic E-state index is 0.151. The second-order valence-electron chi connectivity index (χ2n) is 3.87. The molecule has 0 saturated carbocycles. The second-order valence-corrected chi connectivity index (χ2v) is 8.42. The molecule has 0 bridgehead atoms. The van der Waals surface area contributed by atoms with Crippen molar-refractivity contribution in [2.45, 2.75) is 9.79 Å². The van der Waals surface area contributed by atoms with Crippen LogP contribution in [0.3, 0.4) is 0 Å². The highest BCUT2D eigenvalue weighted by Crippen LogP contribution is 2.35. The van der Waals surface area contributed by atoms with Crippen molar-refractivity contribution in [2.24, 2.45) is 5.14 Å². The largest absolute Gasteiger partial charge is 0.282 e. The molecule has 0 aliphatic rings. The fourth-order valence-corrected chi connectivity index (χ4v) is 3.61. The molecule has 6 heteroatoms. The van der Waals surface area contributed by atoms with Crippen LogP contribution in [0.5, 0.6) is 0 Å². The van der Waals surface area contributed by atoms with E-state index in [2.05, 4.69) is 22.6 Å². The Morgan fingerprint density at radius 1 is 1.00 bits per heavy atom. The van der Waals surface area contributed by atoms with Gasteiger partial charge in [-0.25, -0.2) is 5.14 Å². The molecule has 3 nitrogen and oxygen atoms in total. The lowest BCUT2D eigenvalue weighted by Crippen LogP contribution is -2.42. The Bertz CT molecular complexity index is 583. The van der Waals surface area contributed by atoms with Gasteiger partial charge in [0.15, 0.2) is 0 Å². The van der Waals surface area contributed by atoms with Crippen LogP contribution in [0.15, 0.2) is 58.3 Å². The number of halogens is 2. The van der Waals surface area contributed by atoms with Gasteiger partial charge in [0.25, 0.3) is 0 Å². The lowest BCUT2D eigenvalue weighted by Gasteiger charge is -2.38. The van der Waals surface area contributed by atoms with Gasteiger partial charge >= 0.3 is 0 Å².